The van der Waals surface area contributed by atoms with Gasteiger partial charge in [0.25, 0.3) is 0 Å². The second-order valence-electron chi connectivity index (χ2n) is 4.15. The number of amides is 1. The highest BCUT2D eigenvalue weighted by Crippen LogP contribution is 2.03. The minimum Gasteiger partial charge on any atom is -0.352 e. The predicted molar refractivity (Wildman–Crippen MR) is 63.8 cm³/mol. The van der Waals surface area contributed by atoms with Crippen LogP contribution in [-0.4, -0.2) is 43.2 Å². The summed E-state index contributed by atoms with van der Waals surface area (Å²) in [5.41, 5.74) is 0. The number of likely N-dealkylation sites (N-methyl/N-ethyl adjacent to an activating group) is 1. The lowest BCUT2D eigenvalue weighted by molar-refractivity contribution is -0.121. The third-order valence-corrected chi connectivity index (χ3v) is 2.28. The summed E-state index contributed by atoms with van der Waals surface area (Å²) in [5.74, 6) is 1.17. The number of nitrogens with zero attached hydrogens (tertiary/aromatic N) is 1. The molecule has 0 spiro atoms. The zero-order valence-electron chi connectivity index (χ0n) is 9.58. The van der Waals surface area contributed by atoms with Gasteiger partial charge in [0.2, 0.25) is 5.91 Å². The molecule has 3 nitrogen and oxygen atoms in total. The molecule has 1 atom stereocenters. The first kappa shape index (κ1) is 13.8. The minimum absolute atomic E-state index is 0.0977. The van der Waals surface area contributed by atoms with E-state index in [4.69, 9.17) is 0 Å². The number of hydrogen-bond donors (Lipinski definition) is 2. The van der Waals surface area contributed by atoms with Crippen molar-refractivity contribution in [2.75, 3.05) is 26.4 Å². The van der Waals surface area contributed by atoms with E-state index >= 15 is 0 Å². The van der Waals surface area contributed by atoms with Gasteiger partial charge in [0.15, 0.2) is 0 Å². The minimum atomic E-state index is 0.0977. The van der Waals surface area contributed by atoms with Crippen LogP contribution in [0.25, 0.3) is 0 Å². The third-order valence-electron chi connectivity index (χ3n) is 2.05. The van der Waals surface area contributed by atoms with Gasteiger partial charge in [-0.05, 0) is 25.8 Å². The van der Waals surface area contributed by atoms with E-state index in [0.717, 1.165) is 6.54 Å². The van der Waals surface area contributed by atoms with Crippen molar-refractivity contribution in [3.8, 4) is 0 Å². The molecule has 1 amide bonds. The van der Waals surface area contributed by atoms with Gasteiger partial charge < -0.3 is 10.2 Å². The molecule has 0 aliphatic rings. The highest BCUT2D eigenvalue weighted by Gasteiger charge is 2.16. The maximum Gasteiger partial charge on any atom is 0.221 e. The molecule has 0 heterocycles. The van der Waals surface area contributed by atoms with Crippen molar-refractivity contribution in [3.63, 3.8) is 0 Å². The van der Waals surface area contributed by atoms with Crippen molar-refractivity contribution in [2.24, 2.45) is 5.92 Å². The molecule has 1 unspecified atom stereocenters. The maximum absolute atomic E-state index is 11.4. The SMILES string of the molecule is CC(C)C(CN(C)C)NC(=O)CCS. The molecule has 1 N–H and O–H groups in total. The second-order valence-corrected chi connectivity index (χ2v) is 4.60. The molecule has 0 saturated carbocycles. The van der Waals surface area contributed by atoms with Crippen LogP contribution in [0, 0.1) is 5.92 Å². The van der Waals surface area contributed by atoms with Crippen LogP contribution < -0.4 is 5.32 Å². The van der Waals surface area contributed by atoms with Gasteiger partial charge in [-0.2, -0.15) is 12.6 Å². The quantitative estimate of drug-likeness (QED) is 0.652. The molecule has 84 valence electrons. The van der Waals surface area contributed by atoms with E-state index in [1.165, 1.54) is 0 Å². The van der Waals surface area contributed by atoms with E-state index in [9.17, 15) is 4.79 Å². The van der Waals surface area contributed by atoms with Crippen LogP contribution in [0.4, 0.5) is 0 Å². The van der Waals surface area contributed by atoms with Crippen LogP contribution in [0.5, 0.6) is 0 Å². The van der Waals surface area contributed by atoms with Crippen LogP contribution in [0.15, 0.2) is 0 Å². The van der Waals surface area contributed by atoms with Gasteiger partial charge in [-0.3, -0.25) is 4.79 Å². The fourth-order valence-corrected chi connectivity index (χ4v) is 1.40. The van der Waals surface area contributed by atoms with Crippen molar-refractivity contribution in [3.05, 3.63) is 0 Å². The molecule has 14 heavy (non-hydrogen) atoms. The molecule has 0 radical (unpaired) electrons. The summed E-state index contributed by atoms with van der Waals surface area (Å²) < 4.78 is 0. The summed E-state index contributed by atoms with van der Waals surface area (Å²) in [5, 5.41) is 3.02. The molecule has 0 aromatic heterocycles. The third kappa shape index (κ3) is 6.27. The normalized spacial score (nSPS) is 13.4. The zero-order chi connectivity index (χ0) is 11.1. The number of thiol groups is 1. The summed E-state index contributed by atoms with van der Waals surface area (Å²) in [7, 11) is 4.03. The number of rotatable bonds is 6. The fraction of sp³-hybridized carbons (Fsp3) is 0.900. The lowest BCUT2D eigenvalue weighted by Crippen LogP contribution is -2.45. The Labute approximate surface area is 92.7 Å². The van der Waals surface area contributed by atoms with E-state index in [0.29, 0.717) is 18.1 Å². The molecule has 0 aromatic rings. The summed E-state index contributed by atoms with van der Waals surface area (Å²) in [6.07, 6.45) is 0.500. The maximum atomic E-state index is 11.4. The predicted octanol–water partition coefficient (Wildman–Crippen LogP) is 1.01. The highest BCUT2D eigenvalue weighted by molar-refractivity contribution is 7.80. The molecule has 0 aliphatic heterocycles. The summed E-state index contributed by atoms with van der Waals surface area (Å²) in [4.78, 5) is 13.4. The van der Waals surface area contributed by atoms with Crippen molar-refractivity contribution in [1.82, 2.24) is 10.2 Å². The Kier molecular flexibility index (Phi) is 7.01. The summed E-state index contributed by atoms with van der Waals surface area (Å²) >= 11 is 4.03. The van der Waals surface area contributed by atoms with Gasteiger partial charge in [-0.25, -0.2) is 0 Å². The van der Waals surface area contributed by atoms with Crippen LogP contribution >= 0.6 is 12.6 Å². The van der Waals surface area contributed by atoms with Crippen molar-refractivity contribution < 1.29 is 4.79 Å². The van der Waals surface area contributed by atoms with E-state index in [1.54, 1.807) is 0 Å². The molecule has 0 aliphatic carbocycles. The van der Waals surface area contributed by atoms with E-state index in [2.05, 4.69) is 36.7 Å². The molecule has 0 rings (SSSR count). The first-order valence-electron chi connectivity index (χ1n) is 5.02. The Morgan fingerprint density at radius 1 is 1.43 bits per heavy atom. The van der Waals surface area contributed by atoms with Crippen molar-refractivity contribution in [1.29, 1.82) is 0 Å². The lowest BCUT2D eigenvalue weighted by atomic mass is 10.0. The van der Waals surface area contributed by atoms with Crippen molar-refractivity contribution >= 4 is 18.5 Å². The topological polar surface area (TPSA) is 32.3 Å². The van der Waals surface area contributed by atoms with Crippen LogP contribution in [0.1, 0.15) is 20.3 Å². The standard InChI is InChI=1S/C10H22N2OS/c1-8(2)9(7-12(3)4)11-10(13)5-6-14/h8-9,14H,5-7H2,1-4H3,(H,11,13). The van der Waals surface area contributed by atoms with E-state index in [1.807, 2.05) is 14.1 Å². The Balaban J connectivity index is 4.02. The molecular weight excluding hydrogens is 196 g/mol. The van der Waals surface area contributed by atoms with Gasteiger partial charge in [0.1, 0.15) is 0 Å². The zero-order valence-corrected chi connectivity index (χ0v) is 10.5. The van der Waals surface area contributed by atoms with Gasteiger partial charge in [0.05, 0.1) is 0 Å². The Morgan fingerprint density at radius 3 is 2.36 bits per heavy atom. The summed E-state index contributed by atoms with van der Waals surface area (Å²) in [6.45, 7) is 5.13. The molecule has 0 aromatic carbocycles. The van der Waals surface area contributed by atoms with Crippen LogP contribution in [0.3, 0.4) is 0 Å². The average molecular weight is 218 g/mol. The van der Waals surface area contributed by atoms with Gasteiger partial charge in [-0.1, -0.05) is 13.8 Å². The lowest BCUT2D eigenvalue weighted by Gasteiger charge is -2.25. The first-order chi connectivity index (χ1) is 6.47. The van der Waals surface area contributed by atoms with Crippen LogP contribution in [0.2, 0.25) is 0 Å². The average Bonchev–Trinajstić information content (AvgIpc) is 2.02. The molecular formula is C10H22N2OS. The van der Waals surface area contributed by atoms with Crippen LogP contribution in [-0.2, 0) is 4.79 Å². The smallest absolute Gasteiger partial charge is 0.221 e. The van der Waals surface area contributed by atoms with Gasteiger partial charge >= 0.3 is 0 Å². The molecule has 0 bridgehead atoms. The Bertz CT molecular complexity index is 172. The van der Waals surface area contributed by atoms with Gasteiger partial charge in [0, 0.05) is 19.0 Å². The fourth-order valence-electron chi connectivity index (χ4n) is 1.20. The summed E-state index contributed by atoms with van der Waals surface area (Å²) in [6, 6.07) is 0.234. The van der Waals surface area contributed by atoms with Gasteiger partial charge in [-0.15, -0.1) is 0 Å². The molecule has 0 fully saturated rings. The van der Waals surface area contributed by atoms with E-state index < -0.39 is 0 Å². The number of nitrogens with one attached hydrogen (secondary N) is 1. The Morgan fingerprint density at radius 2 is 2.00 bits per heavy atom. The monoisotopic (exact) mass is 218 g/mol. The largest absolute Gasteiger partial charge is 0.352 e. The second kappa shape index (κ2) is 7.12. The first-order valence-corrected chi connectivity index (χ1v) is 5.65. The van der Waals surface area contributed by atoms with E-state index in [-0.39, 0.29) is 11.9 Å². The highest BCUT2D eigenvalue weighted by atomic mass is 32.1. The Hall–Kier alpha value is -0.220. The molecule has 4 heteroatoms. The number of hydrogen-bond acceptors (Lipinski definition) is 3. The number of carbonyl (C=O) groups excluding carboxylic acids is 1. The molecule has 0 saturated heterocycles. The number of carbonyl (C=O) groups is 1. The van der Waals surface area contributed by atoms with Crippen molar-refractivity contribution in [2.45, 2.75) is 26.3 Å².